The van der Waals surface area contributed by atoms with Crippen molar-refractivity contribution in [1.82, 2.24) is 0 Å². The Morgan fingerprint density at radius 1 is 1.36 bits per heavy atom. The van der Waals surface area contributed by atoms with E-state index in [0.717, 1.165) is 0 Å². The molecule has 0 aliphatic carbocycles. The maximum absolute atomic E-state index is 11.2. The first kappa shape index (κ1) is 10.6. The third-order valence-electron chi connectivity index (χ3n) is 1.86. The molecule has 3 heteroatoms. The predicted octanol–water partition coefficient (Wildman–Crippen LogP) is 2.02. The van der Waals surface area contributed by atoms with Gasteiger partial charge >= 0.3 is 5.97 Å². The highest BCUT2D eigenvalue weighted by Gasteiger charge is 2.18. The van der Waals surface area contributed by atoms with Gasteiger partial charge in [-0.2, -0.15) is 0 Å². The van der Waals surface area contributed by atoms with Gasteiger partial charge in [0.25, 0.3) is 0 Å². The monoisotopic (exact) mass is 194 g/mol. The molecule has 1 aromatic carbocycles. The average molecular weight is 194 g/mol. The minimum atomic E-state index is -0.512. The topological polar surface area (TPSA) is 35.5 Å². The number of rotatable bonds is 4. The van der Waals surface area contributed by atoms with Gasteiger partial charge < -0.3 is 9.47 Å². The molecule has 0 spiro atoms. The van der Waals surface area contributed by atoms with Crippen molar-refractivity contribution in [2.24, 2.45) is 0 Å². The lowest BCUT2D eigenvalue weighted by Gasteiger charge is -2.14. The van der Waals surface area contributed by atoms with Crippen LogP contribution in [0.1, 0.15) is 13.3 Å². The quantitative estimate of drug-likeness (QED) is 0.688. The Labute approximate surface area is 83.6 Å². The van der Waals surface area contributed by atoms with Gasteiger partial charge in [-0.1, -0.05) is 25.1 Å². The average Bonchev–Trinajstić information content (AvgIpc) is 2.26. The fourth-order valence-corrected chi connectivity index (χ4v) is 1.09. The third-order valence-corrected chi connectivity index (χ3v) is 1.86. The van der Waals surface area contributed by atoms with E-state index in [1.807, 2.05) is 37.3 Å². The van der Waals surface area contributed by atoms with Crippen molar-refractivity contribution in [3.63, 3.8) is 0 Å². The Morgan fingerprint density at radius 3 is 2.50 bits per heavy atom. The van der Waals surface area contributed by atoms with E-state index < -0.39 is 6.10 Å². The first-order valence-electron chi connectivity index (χ1n) is 4.57. The number of ether oxygens (including phenoxy) is 2. The lowest BCUT2D eigenvalue weighted by atomic mass is 10.2. The van der Waals surface area contributed by atoms with Crippen molar-refractivity contribution in [3.05, 3.63) is 30.3 Å². The molecule has 0 aromatic heterocycles. The zero-order valence-electron chi connectivity index (χ0n) is 8.40. The van der Waals surface area contributed by atoms with Gasteiger partial charge in [-0.3, -0.25) is 0 Å². The summed E-state index contributed by atoms with van der Waals surface area (Å²) in [5.41, 5.74) is 0. The SMILES string of the molecule is CCC(Oc1ccccc1)C(=O)OC. The maximum atomic E-state index is 11.2. The van der Waals surface area contributed by atoms with Crippen LogP contribution in [0.2, 0.25) is 0 Å². The molecule has 0 amide bonds. The highest BCUT2D eigenvalue weighted by atomic mass is 16.6. The lowest BCUT2D eigenvalue weighted by Crippen LogP contribution is -2.27. The van der Waals surface area contributed by atoms with Crippen LogP contribution in [0.15, 0.2) is 30.3 Å². The summed E-state index contributed by atoms with van der Waals surface area (Å²) >= 11 is 0. The molecule has 3 nitrogen and oxygen atoms in total. The minimum absolute atomic E-state index is 0.337. The molecule has 1 unspecified atom stereocenters. The molecule has 0 saturated heterocycles. The Hall–Kier alpha value is -1.51. The Bertz CT molecular complexity index is 282. The summed E-state index contributed by atoms with van der Waals surface area (Å²) < 4.78 is 10.1. The van der Waals surface area contributed by atoms with E-state index in [1.165, 1.54) is 7.11 Å². The number of para-hydroxylation sites is 1. The highest BCUT2D eigenvalue weighted by Crippen LogP contribution is 2.12. The highest BCUT2D eigenvalue weighted by molar-refractivity contribution is 5.74. The first-order chi connectivity index (χ1) is 6.77. The molecule has 0 saturated carbocycles. The van der Waals surface area contributed by atoms with Crippen LogP contribution in [-0.2, 0) is 9.53 Å². The molecule has 0 bridgehead atoms. The molecule has 0 aliphatic rings. The zero-order chi connectivity index (χ0) is 10.4. The lowest BCUT2D eigenvalue weighted by molar-refractivity contribution is -0.148. The second-order valence-corrected chi connectivity index (χ2v) is 2.85. The summed E-state index contributed by atoms with van der Waals surface area (Å²) in [4.78, 5) is 11.2. The largest absolute Gasteiger partial charge is 0.479 e. The molecule has 1 atom stereocenters. The van der Waals surface area contributed by atoms with E-state index in [-0.39, 0.29) is 5.97 Å². The third kappa shape index (κ3) is 2.76. The van der Waals surface area contributed by atoms with Crippen molar-refractivity contribution in [2.75, 3.05) is 7.11 Å². The van der Waals surface area contributed by atoms with Crippen LogP contribution < -0.4 is 4.74 Å². The normalized spacial score (nSPS) is 11.9. The second-order valence-electron chi connectivity index (χ2n) is 2.85. The summed E-state index contributed by atoms with van der Waals surface area (Å²) in [5.74, 6) is 0.348. The maximum Gasteiger partial charge on any atom is 0.347 e. The van der Waals surface area contributed by atoms with Crippen LogP contribution in [0.25, 0.3) is 0 Å². The van der Waals surface area contributed by atoms with Gasteiger partial charge in [0.2, 0.25) is 0 Å². The molecule has 0 heterocycles. The van der Waals surface area contributed by atoms with E-state index in [2.05, 4.69) is 4.74 Å². The van der Waals surface area contributed by atoms with Crippen LogP contribution in [0, 0.1) is 0 Å². The number of methoxy groups -OCH3 is 1. The smallest absolute Gasteiger partial charge is 0.347 e. The van der Waals surface area contributed by atoms with Gasteiger partial charge in [0, 0.05) is 0 Å². The van der Waals surface area contributed by atoms with Crippen molar-refractivity contribution in [1.29, 1.82) is 0 Å². The fraction of sp³-hybridized carbons (Fsp3) is 0.364. The van der Waals surface area contributed by atoms with Crippen molar-refractivity contribution in [3.8, 4) is 5.75 Å². The van der Waals surface area contributed by atoms with Gasteiger partial charge in [-0.25, -0.2) is 4.79 Å². The van der Waals surface area contributed by atoms with E-state index in [0.29, 0.717) is 12.2 Å². The molecule has 0 N–H and O–H groups in total. The van der Waals surface area contributed by atoms with Gasteiger partial charge in [-0.05, 0) is 18.6 Å². The Kier molecular flexibility index (Phi) is 3.98. The van der Waals surface area contributed by atoms with E-state index in [4.69, 9.17) is 4.74 Å². The van der Waals surface area contributed by atoms with Gasteiger partial charge in [0.05, 0.1) is 7.11 Å². The summed E-state index contributed by atoms with van der Waals surface area (Å²) in [6.07, 6.45) is 0.0871. The summed E-state index contributed by atoms with van der Waals surface area (Å²) in [6, 6.07) is 9.24. The number of esters is 1. The molecule has 0 radical (unpaired) electrons. The number of hydrogen-bond acceptors (Lipinski definition) is 3. The molecular formula is C11H14O3. The summed E-state index contributed by atoms with van der Waals surface area (Å²) in [6.45, 7) is 1.88. The molecule has 0 aliphatic heterocycles. The van der Waals surface area contributed by atoms with Gasteiger partial charge in [0.1, 0.15) is 5.75 Å². The predicted molar refractivity (Wildman–Crippen MR) is 53.2 cm³/mol. The molecule has 76 valence electrons. The van der Waals surface area contributed by atoms with Gasteiger partial charge in [0.15, 0.2) is 6.10 Å². The second kappa shape index (κ2) is 5.27. The minimum Gasteiger partial charge on any atom is -0.479 e. The van der Waals surface area contributed by atoms with Gasteiger partial charge in [-0.15, -0.1) is 0 Å². The fourth-order valence-electron chi connectivity index (χ4n) is 1.09. The Morgan fingerprint density at radius 2 is 2.00 bits per heavy atom. The molecule has 14 heavy (non-hydrogen) atoms. The van der Waals surface area contributed by atoms with Crippen LogP contribution in [0.5, 0.6) is 5.75 Å². The first-order valence-corrected chi connectivity index (χ1v) is 4.57. The molecule has 1 rings (SSSR count). The van der Waals surface area contributed by atoms with E-state index >= 15 is 0 Å². The van der Waals surface area contributed by atoms with Crippen LogP contribution in [0.3, 0.4) is 0 Å². The van der Waals surface area contributed by atoms with Crippen LogP contribution in [-0.4, -0.2) is 19.2 Å². The standard InChI is InChI=1S/C11H14O3/c1-3-10(11(12)13-2)14-9-7-5-4-6-8-9/h4-8,10H,3H2,1-2H3. The molecule has 0 fully saturated rings. The molecule has 1 aromatic rings. The van der Waals surface area contributed by atoms with Crippen molar-refractivity contribution >= 4 is 5.97 Å². The van der Waals surface area contributed by atoms with Crippen molar-refractivity contribution in [2.45, 2.75) is 19.4 Å². The number of hydrogen-bond donors (Lipinski definition) is 0. The van der Waals surface area contributed by atoms with Crippen LogP contribution in [0.4, 0.5) is 0 Å². The summed E-state index contributed by atoms with van der Waals surface area (Å²) in [7, 11) is 1.36. The van der Waals surface area contributed by atoms with E-state index in [1.54, 1.807) is 0 Å². The van der Waals surface area contributed by atoms with Crippen LogP contribution >= 0.6 is 0 Å². The summed E-state index contributed by atoms with van der Waals surface area (Å²) in [5, 5.41) is 0. The van der Waals surface area contributed by atoms with Crippen molar-refractivity contribution < 1.29 is 14.3 Å². The van der Waals surface area contributed by atoms with E-state index in [9.17, 15) is 4.79 Å². The Balaban J connectivity index is 2.62. The molecular weight excluding hydrogens is 180 g/mol. The zero-order valence-corrected chi connectivity index (χ0v) is 8.40. The number of benzene rings is 1. The number of carbonyl (C=O) groups excluding carboxylic acids is 1. The number of carbonyl (C=O) groups is 1.